The largest absolute Gasteiger partial charge is 0.456 e. The van der Waals surface area contributed by atoms with Gasteiger partial charge in [-0.05, 0) is 89.6 Å². The number of hydrogen-bond acceptors (Lipinski definition) is 1. The van der Waals surface area contributed by atoms with Crippen LogP contribution in [0.1, 0.15) is 9.60 Å². The Hall–Kier alpha value is -5.14. The van der Waals surface area contributed by atoms with E-state index in [2.05, 4.69) is 42.5 Å². The van der Waals surface area contributed by atoms with E-state index in [0.717, 1.165) is 65.4 Å². The smallest absolute Gasteiger partial charge is 0.135 e. The number of fused-ring (bicyclic) bond motifs is 4. The van der Waals surface area contributed by atoms with Crippen molar-refractivity contribution in [3.63, 3.8) is 0 Å². The molecule has 0 N–H and O–H groups in total. The second-order valence-corrected chi connectivity index (χ2v) is 9.96. The van der Waals surface area contributed by atoms with Gasteiger partial charge < -0.3 is 4.42 Å². The fraction of sp³-hybridized carbons (Fsp3) is 0. The zero-order valence-corrected chi connectivity index (χ0v) is 20.6. The first kappa shape index (κ1) is 15.3. The summed E-state index contributed by atoms with van der Waals surface area (Å²) in [7, 11) is 0. The van der Waals surface area contributed by atoms with Crippen LogP contribution in [0.2, 0.25) is 0 Å². The molecule has 1 aromatic heterocycles. The molecular weight excluding hydrogens is 472 g/mol. The lowest BCUT2D eigenvalue weighted by Gasteiger charge is -2.17. The Kier molecular flexibility index (Phi) is 3.02. The van der Waals surface area contributed by atoms with Crippen LogP contribution in [-0.2, 0) is 0 Å². The molecule has 0 saturated heterocycles. The lowest BCUT2D eigenvalue weighted by molar-refractivity contribution is 0.669. The molecule has 1 nitrogen and oxygen atoms in total. The Balaban J connectivity index is 1.34. The van der Waals surface area contributed by atoms with Crippen LogP contribution >= 0.6 is 0 Å². The molecule has 0 radical (unpaired) electrons. The molecule has 0 atom stereocenters. The van der Waals surface area contributed by atoms with Crippen LogP contribution in [0.15, 0.2) is 138 Å². The van der Waals surface area contributed by atoms with Crippen molar-refractivity contribution in [3.8, 4) is 22.3 Å². The molecule has 1 heterocycles. The summed E-state index contributed by atoms with van der Waals surface area (Å²) >= 11 is 0. The molecule has 0 saturated carbocycles. The highest BCUT2D eigenvalue weighted by Gasteiger charge is 2.16. The topological polar surface area (TPSA) is 13.1 Å². The fourth-order valence-corrected chi connectivity index (χ4v) is 6.08. The predicted octanol–water partition coefficient (Wildman–Crippen LogP) is 11.0. The van der Waals surface area contributed by atoms with Gasteiger partial charge in [0.25, 0.3) is 0 Å². The first-order valence-electron chi connectivity index (χ1n) is 16.4. The maximum atomic E-state index is 9.15. The SMILES string of the molecule is [2H]c1c([2H])c([2H])c2c([2H])c(-c3ccc4ccc5c(-c6ccc7oc8ccccc8c7c6)ccc6ccc3c4c65)c([2H])c([2H])c2c1[2H]. The molecule has 0 unspecified atom stereocenters. The van der Waals surface area contributed by atoms with Crippen molar-refractivity contribution in [1.29, 1.82) is 0 Å². The first-order valence-corrected chi connectivity index (χ1v) is 12.9. The lowest BCUT2D eigenvalue weighted by Crippen LogP contribution is -1.89. The van der Waals surface area contributed by atoms with E-state index in [9.17, 15) is 0 Å². The minimum Gasteiger partial charge on any atom is -0.456 e. The van der Waals surface area contributed by atoms with E-state index in [-0.39, 0.29) is 40.5 Å². The van der Waals surface area contributed by atoms with Gasteiger partial charge in [0.15, 0.2) is 0 Å². The Morgan fingerprint density at radius 1 is 0.462 bits per heavy atom. The number of furan rings is 1. The third kappa shape index (κ3) is 2.96. The quantitative estimate of drug-likeness (QED) is 0.215. The molecular formula is C38H22O. The van der Waals surface area contributed by atoms with Crippen LogP contribution in [0.3, 0.4) is 0 Å². The van der Waals surface area contributed by atoms with E-state index in [0.29, 0.717) is 5.56 Å². The Labute approximate surface area is 234 Å². The molecule has 0 amide bonds. The van der Waals surface area contributed by atoms with Gasteiger partial charge in [-0.2, -0.15) is 0 Å². The summed E-state index contributed by atoms with van der Waals surface area (Å²) in [6.07, 6.45) is 0. The van der Waals surface area contributed by atoms with Crippen LogP contribution < -0.4 is 0 Å². The zero-order chi connectivity index (χ0) is 31.6. The molecule has 0 bridgehead atoms. The van der Waals surface area contributed by atoms with E-state index in [1.807, 2.05) is 48.5 Å². The zero-order valence-electron chi connectivity index (χ0n) is 27.6. The van der Waals surface area contributed by atoms with Crippen LogP contribution in [0.25, 0.3) is 87.3 Å². The second kappa shape index (κ2) is 7.69. The monoisotopic (exact) mass is 501 g/mol. The lowest BCUT2D eigenvalue weighted by atomic mass is 9.87. The van der Waals surface area contributed by atoms with Crippen molar-refractivity contribution >= 4 is 65.0 Å². The van der Waals surface area contributed by atoms with E-state index in [4.69, 9.17) is 14.0 Å². The van der Waals surface area contributed by atoms with Gasteiger partial charge in [-0.3, -0.25) is 0 Å². The van der Waals surface area contributed by atoms with Crippen molar-refractivity contribution in [3.05, 3.63) is 133 Å². The molecule has 9 rings (SSSR count). The van der Waals surface area contributed by atoms with Crippen LogP contribution in [0.4, 0.5) is 0 Å². The highest BCUT2D eigenvalue weighted by atomic mass is 16.3. The summed E-state index contributed by atoms with van der Waals surface area (Å²) in [5.41, 5.74) is 4.56. The van der Waals surface area contributed by atoms with Gasteiger partial charge in [-0.15, -0.1) is 0 Å². The van der Waals surface area contributed by atoms with Crippen molar-refractivity contribution < 1.29 is 14.0 Å². The first-order chi connectivity index (χ1) is 22.2. The molecule has 180 valence electrons. The number of para-hydroxylation sites is 1. The Morgan fingerprint density at radius 2 is 1.13 bits per heavy atom. The van der Waals surface area contributed by atoms with Crippen LogP contribution in [0.5, 0.6) is 0 Å². The third-order valence-electron chi connectivity index (χ3n) is 7.87. The maximum Gasteiger partial charge on any atom is 0.135 e. The summed E-state index contributed by atoms with van der Waals surface area (Å²) in [4.78, 5) is 0. The van der Waals surface area contributed by atoms with Gasteiger partial charge in [-0.25, -0.2) is 0 Å². The fourth-order valence-electron chi connectivity index (χ4n) is 6.08. The molecule has 9 aromatic rings. The normalized spacial score (nSPS) is 14.6. The molecule has 39 heavy (non-hydrogen) atoms. The standard InChI is InChI=1S/C38H22O/c1-2-6-26-21-27(10-9-23(26)5-1)29-16-11-24-14-19-33-30(17-12-25-13-18-32(29)37(24)38(25)33)28-15-20-36-34(22-28)31-7-3-4-8-35(31)39-36/h1-22H/i1D,2D,5D,6D,9D,10D,21D. The van der Waals surface area contributed by atoms with E-state index in [1.165, 1.54) is 0 Å². The summed E-state index contributed by atoms with van der Waals surface area (Å²) in [6.45, 7) is 0. The number of benzene rings is 8. The van der Waals surface area contributed by atoms with Gasteiger partial charge in [0.05, 0.1) is 9.60 Å². The van der Waals surface area contributed by atoms with Crippen LogP contribution in [-0.4, -0.2) is 0 Å². The van der Waals surface area contributed by atoms with Crippen molar-refractivity contribution in [2.24, 2.45) is 0 Å². The average Bonchev–Trinajstić information content (AvgIpc) is 3.45. The summed E-state index contributed by atoms with van der Waals surface area (Å²) in [5, 5.41) is 7.92. The molecule has 0 aliphatic carbocycles. The molecule has 0 fully saturated rings. The van der Waals surface area contributed by atoms with E-state index in [1.54, 1.807) is 0 Å². The Morgan fingerprint density at radius 3 is 1.92 bits per heavy atom. The van der Waals surface area contributed by atoms with Gasteiger partial charge in [0.1, 0.15) is 11.2 Å². The maximum absolute atomic E-state index is 9.15. The number of hydrogen-bond donors (Lipinski definition) is 0. The molecule has 8 aromatic carbocycles. The van der Waals surface area contributed by atoms with Gasteiger partial charge >= 0.3 is 0 Å². The molecule has 1 heteroatoms. The summed E-state index contributed by atoms with van der Waals surface area (Å²) in [6, 6.07) is 28.1. The predicted molar refractivity (Wildman–Crippen MR) is 166 cm³/mol. The van der Waals surface area contributed by atoms with Crippen molar-refractivity contribution in [1.82, 2.24) is 0 Å². The Bertz CT molecular complexity index is 2780. The highest BCUT2D eigenvalue weighted by molar-refractivity contribution is 6.27. The van der Waals surface area contributed by atoms with Crippen molar-refractivity contribution in [2.45, 2.75) is 0 Å². The summed E-state index contributed by atoms with van der Waals surface area (Å²) < 4.78 is 66.2. The van der Waals surface area contributed by atoms with Crippen LogP contribution in [0, 0.1) is 0 Å². The average molecular weight is 502 g/mol. The van der Waals surface area contributed by atoms with Gasteiger partial charge in [-0.1, -0.05) is 109 Å². The van der Waals surface area contributed by atoms with Gasteiger partial charge in [0.2, 0.25) is 0 Å². The third-order valence-corrected chi connectivity index (χ3v) is 7.87. The minimum absolute atomic E-state index is 0.0443. The highest BCUT2D eigenvalue weighted by Crippen LogP contribution is 2.43. The molecule has 0 aliphatic rings. The number of rotatable bonds is 2. The van der Waals surface area contributed by atoms with E-state index < -0.39 is 18.1 Å². The van der Waals surface area contributed by atoms with Crippen molar-refractivity contribution in [2.75, 3.05) is 0 Å². The second-order valence-electron chi connectivity index (χ2n) is 9.96. The molecule has 0 aliphatic heterocycles. The van der Waals surface area contributed by atoms with Gasteiger partial charge in [0, 0.05) is 10.8 Å². The van der Waals surface area contributed by atoms with E-state index >= 15 is 0 Å². The molecule has 0 spiro atoms. The minimum atomic E-state index is -0.476. The summed E-state index contributed by atoms with van der Waals surface area (Å²) in [5.74, 6) is 0.